The molecule has 0 aliphatic carbocycles. The third-order valence-corrected chi connectivity index (χ3v) is 5.72. The minimum Gasteiger partial charge on any atom is -0.507 e. The molecule has 0 bridgehead atoms. The number of hydrogen-bond acceptors (Lipinski definition) is 3. The van der Waals surface area contributed by atoms with Gasteiger partial charge in [0.25, 0.3) is 5.56 Å². The van der Waals surface area contributed by atoms with Gasteiger partial charge in [0, 0.05) is 28.6 Å². The summed E-state index contributed by atoms with van der Waals surface area (Å²) < 4.78 is 1.70. The molecule has 158 valence electrons. The monoisotopic (exact) mass is 441 g/mol. The maximum atomic E-state index is 12.7. The van der Waals surface area contributed by atoms with Gasteiger partial charge in [-0.05, 0) is 47.9 Å². The number of hydrogen-bond donors (Lipinski definition) is 2. The molecule has 2 N–H and O–H groups in total. The third-order valence-electron chi connectivity index (χ3n) is 5.47. The van der Waals surface area contributed by atoms with Crippen LogP contribution in [0, 0.1) is 6.92 Å². The molecule has 5 rings (SSSR count). The van der Waals surface area contributed by atoms with Crippen LogP contribution in [-0.2, 0) is 6.42 Å². The van der Waals surface area contributed by atoms with Crippen LogP contribution in [0.4, 0.5) is 0 Å². The van der Waals surface area contributed by atoms with Crippen molar-refractivity contribution in [3.8, 4) is 28.1 Å². The second-order valence-electron chi connectivity index (χ2n) is 7.79. The molecule has 0 amide bonds. The minimum atomic E-state index is -0.270. The molecule has 0 saturated carbocycles. The van der Waals surface area contributed by atoms with Gasteiger partial charge in [-0.1, -0.05) is 60.1 Å². The Kier molecular flexibility index (Phi) is 5.04. The molecule has 0 radical (unpaired) electrons. The van der Waals surface area contributed by atoms with Gasteiger partial charge in [-0.3, -0.25) is 4.79 Å². The van der Waals surface area contributed by atoms with E-state index in [1.807, 2.05) is 67.6 Å². The Morgan fingerprint density at radius 1 is 1.00 bits per heavy atom. The lowest BCUT2D eigenvalue weighted by Crippen LogP contribution is -2.10. The Morgan fingerprint density at radius 2 is 1.75 bits per heavy atom. The predicted octanol–water partition coefficient (Wildman–Crippen LogP) is 5.61. The van der Waals surface area contributed by atoms with E-state index in [9.17, 15) is 9.90 Å². The van der Waals surface area contributed by atoms with Crippen LogP contribution in [0.3, 0.4) is 0 Å². The van der Waals surface area contributed by atoms with Gasteiger partial charge in [0.15, 0.2) is 0 Å². The smallest absolute Gasteiger partial charge is 0.251 e. The molecule has 0 spiro atoms. The molecule has 32 heavy (non-hydrogen) atoms. The number of fused-ring (bicyclic) bond motifs is 1. The van der Waals surface area contributed by atoms with Crippen LogP contribution in [0.15, 0.2) is 83.7 Å². The summed E-state index contributed by atoms with van der Waals surface area (Å²) >= 11 is 6.12. The van der Waals surface area contributed by atoms with E-state index in [2.05, 4.69) is 4.98 Å². The van der Waals surface area contributed by atoms with Gasteiger partial charge < -0.3 is 10.1 Å². The molecule has 5 nitrogen and oxygen atoms in total. The summed E-state index contributed by atoms with van der Waals surface area (Å²) in [6, 6.07) is 24.4. The molecular weight excluding hydrogens is 422 g/mol. The van der Waals surface area contributed by atoms with Gasteiger partial charge >= 0.3 is 0 Å². The van der Waals surface area contributed by atoms with Crippen LogP contribution >= 0.6 is 11.6 Å². The summed E-state index contributed by atoms with van der Waals surface area (Å²) in [5, 5.41) is 16.1. The number of H-pyrrole nitrogens is 1. The first-order chi connectivity index (χ1) is 15.5. The van der Waals surface area contributed by atoms with Crippen molar-refractivity contribution in [1.29, 1.82) is 0 Å². The van der Waals surface area contributed by atoms with E-state index in [1.165, 1.54) is 6.07 Å². The largest absolute Gasteiger partial charge is 0.507 e. The van der Waals surface area contributed by atoms with Crippen molar-refractivity contribution in [3.63, 3.8) is 0 Å². The van der Waals surface area contributed by atoms with Crippen molar-refractivity contribution in [2.45, 2.75) is 13.3 Å². The molecular formula is C26H20ClN3O2. The summed E-state index contributed by atoms with van der Waals surface area (Å²) in [6.07, 6.45) is 0.585. The van der Waals surface area contributed by atoms with Crippen LogP contribution in [0.1, 0.15) is 16.8 Å². The molecule has 6 heteroatoms. The van der Waals surface area contributed by atoms with Gasteiger partial charge in [-0.15, -0.1) is 0 Å². The number of aromatic amines is 1. The van der Waals surface area contributed by atoms with Gasteiger partial charge in [0.1, 0.15) is 11.4 Å². The van der Waals surface area contributed by atoms with Crippen molar-refractivity contribution in [2.24, 2.45) is 0 Å². The quantitative estimate of drug-likeness (QED) is 0.380. The van der Waals surface area contributed by atoms with E-state index < -0.39 is 0 Å². The fourth-order valence-corrected chi connectivity index (χ4v) is 4.10. The Morgan fingerprint density at radius 3 is 2.47 bits per heavy atom. The number of nitrogens with zero attached hydrogens (tertiary/aromatic N) is 2. The normalized spacial score (nSPS) is 11.2. The van der Waals surface area contributed by atoms with Gasteiger partial charge in [-0.25, -0.2) is 4.52 Å². The van der Waals surface area contributed by atoms with Crippen molar-refractivity contribution >= 4 is 17.2 Å². The Bertz CT molecular complexity index is 1490. The summed E-state index contributed by atoms with van der Waals surface area (Å²) in [7, 11) is 0. The van der Waals surface area contributed by atoms with E-state index in [4.69, 9.17) is 16.7 Å². The lowest BCUT2D eigenvalue weighted by atomic mass is 10.0. The minimum absolute atomic E-state index is 0.102. The molecule has 0 atom stereocenters. The molecule has 2 aromatic heterocycles. The molecule has 0 saturated heterocycles. The fourth-order valence-electron chi connectivity index (χ4n) is 3.97. The summed E-state index contributed by atoms with van der Waals surface area (Å²) in [6.45, 7) is 1.90. The number of benzene rings is 3. The first kappa shape index (κ1) is 20.1. The molecule has 0 fully saturated rings. The average molecular weight is 442 g/mol. The zero-order valence-corrected chi connectivity index (χ0v) is 18.1. The van der Waals surface area contributed by atoms with E-state index in [0.717, 1.165) is 27.9 Å². The summed E-state index contributed by atoms with van der Waals surface area (Å²) in [5.41, 5.74) is 5.95. The zero-order chi connectivity index (χ0) is 22.2. The summed E-state index contributed by atoms with van der Waals surface area (Å²) in [5.74, 6) is 0.102. The van der Waals surface area contributed by atoms with E-state index in [1.54, 1.807) is 16.6 Å². The van der Waals surface area contributed by atoms with Gasteiger partial charge in [-0.2, -0.15) is 5.10 Å². The second-order valence-corrected chi connectivity index (χ2v) is 8.23. The first-order valence-electron chi connectivity index (χ1n) is 10.2. The molecule has 3 aromatic carbocycles. The number of phenols is 1. The van der Waals surface area contributed by atoms with E-state index in [-0.39, 0.29) is 11.3 Å². The van der Waals surface area contributed by atoms with Crippen LogP contribution in [0.2, 0.25) is 5.02 Å². The van der Waals surface area contributed by atoms with Gasteiger partial charge in [0.05, 0.1) is 11.4 Å². The van der Waals surface area contributed by atoms with Crippen LogP contribution in [-0.4, -0.2) is 19.7 Å². The molecule has 5 aromatic rings. The van der Waals surface area contributed by atoms with Crippen LogP contribution in [0.5, 0.6) is 5.75 Å². The summed E-state index contributed by atoms with van der Waals surface area (Å²) in [4.78, 5) is 15.6. The lowest BCUT2D eigenvalue weighted by molar-refractivity contribution is 0.476. The molecule has 0 unspecified atom stereocenters. The van der Waals surface area contributed by atoms with Crippen LogP contribution in [0.25, 0.3) is 28.0 Å². The highest BCUT2D eigenvalue weighted by atomic mass is 35.5. The van der Waals surface area contributed by atoms with E-state index in [0.29, 0.717) is 28.3 Å². The number of nitrogens with one attached hydrogen (secondary N) is 1. The van der Waals surface area contributed by atoms with E-state index >= 15 is 0 Å². The van der Waals surface area contributed by atoms with Crippen molar-refractivity contribution in [3.05, 3.63) is 111 Å². The third kappa shape index (κ3) is 3.67. The number of aromatic hydroxyl groups is 1. The molecule has 2 heterocycles. The number of rotatable bonds is 4. The average Bonchev–Trinajstić information content (AvgIpc) is 3.12. The fraction of sp³-hybridized carbons (Fsp3) is 0.0769. The highest BCUT2D eigenvalue weighted by Gasteiger charge is 2.20. The van der Waals surface area contributed by atoms with Crippen molar-refractivity contribution < 1.29 is 5.11 Å². The standard InChI is InChI=1S/C26H20ClN3O2/c1-16-7-12-20(23(31)13-16)22-15-24(32)28-26-25(18-8-10-19(27)11-9-18)21(29-30(22)26)14-17-5-3-2-4-6-17/h2-13,15,31H,14H2,1H3,(H,28,32). The number of aromatic nitrogens is 3. The topological polar surface area (TPSA) is 70.4 Å². The Balaban J connectivity index is 1.81. The number of phenolic OH excluding ortho intramolecular Hbond substituents is 1. The Labute approximate surface area is 189 Å². The zero-order valence-electron chi connectivity index (χ0n) is 17.3. The highest BCUT2D eigenvalue weighted by Crippen LogP contribution is 2.34. The Hall–Kier alpha value is -3.83. The van der Waals surface area contributed by atoms with Crippen molar-refractivity contribution in [1.82, 2.24) is 14.6 Å². The number of halogens is 1. The molecule has 0 aliphatic heterocycles. The SMILES string of the molecule is Cc1ccc(-c2cc(=O)[nH]c3c(-c4ccc(Cl)cc4)c(Cc4ccccc4)nn23)c(O)c1. The highest BCUT2D eigenvalue weighted by molar-refractivity contribution is 6.30. The maximum absolute atomic E-state index is 12.7. The lowest BCUT2D eigenvalue weighted by Gasteiger charge is -2.08. The second kappa shape index (κ2) is 8.02. The van der Waals surface area contributed by atoms with Crippen molar-refractivity contribution in [2.75, 3.05) is 0 Å². The molecule has 0 aliphatic rings. The number of aryl methyl sites for hydroxylation is 1. The maximum Gasteiger partial charge on any atom is 0.251 e. The predicted molar refractivity (Wildman–Crippen MR) is 127 cm³/mol. The van der Waals surface area contributed by atoms with Crippen LogP contribution < -0.4 is 5.56 Å². The van der Waals surface area contributed by atoms with Gasteiger partial charge in [0.2, 0.25) is 0 Å². The first-order valence-corrected chi connectivity index (χ1v) is 10.6.